The van der Waals surface area contributed by atoms with Gasteiger partial charge in [0.1, 0.15) is 4.90 Å². The Bertz CT molecular complexity index is 596. The highest BCUT2D eigenvalue weighted by atomic mass is 79.9. The second-order valence-corrected chi connectivity index (χ2v) is 6.21. The molecule has 0 radical (unpaired) electrons. The summed E-state index contributed by atoms with van der Waals surface area (Å²) in [7, 11) is -3.98. The fourth-order valence-electron chi connectivity index (χ4n) is 1.38. The zero-order chi connectivity index (χ0) is 13.9. The predicted octanol–water partition coefficient (Wildman–Crippen LogP) is 1.81. The largest absolute Gasteiger partial charge is 0.399 e. The van der Waals surface area contributed by atoms with Crippen LogP contribution >= 0.6 is 15.9 Å². The van der Waals surface area contributed by atoms with E-state index in [0.29, 0.717) is 0 Å². The molecule has 2 N–H and O–H groups in total. The highest BCUT2D eigenvalue weighted by Gasteiger charge is 2.27. The van der Waals surface area contributed by atoms with Crippen molar-refractivity contribution >= 4 is 31.6 Å². The molecular formula is C11H12BrFN2O2S. The Morgan fingerprint density at radius 3 is 2.67 bits per heavy atom. The maximum absolute atomic E-state index is 13.9. The van der Waals surface area contributed by atoms with Crippen LogP contribution in [-0.2, 0) is 10.0 Å². The first-order chi connectivity index (χ1) is 8.34. The molecule has 0 heterocycles. The van der Waals surface area contributed by atoms with E-state index in [1.807, 2.05) is 0 Å². The van der Waals surface area contributed by atoms with Crippen molar-refractivity contribution < 1.29 is 12.8 Å². The van der Waals surface area contributed by atoms with Crippen LogP contribution in [0.5, 0.6) is 0 Å². The molecule has 0 unspecified atom stereocenters. The van der Waals surface area contributed by atoms with Gasteiger partial charge in [-0.1, -0.05) is 12.8 Å². The van der Waals surface area contributed by atoms with Gasteiger partial charge in [0.25, 0.3) is 0 Å². The third-order valence-electron chi connectivity index (χ3n) is 2.26. The van der Waals surface area contributed by atoms with Gasteiger partial charge in [0, 0.05) is 12.2 Å². The van der Waals surface area contributed by atoms with Gasteiger partial charge in [-0.05, 0) is 28.1 Å². The summed E-state index contributed by atoms with van der Waals surface area (Å²) in [6.07, 6.45) is 5.09. The van der Waals surface area contributed by atoms with Crippen LogP contribution < -0.4 is 5.73 Å². The molecule has 1 aromatic rings. The van der Waals surface area contributed by atoms with Crippen LogP contribution in [0.1, 0.15) is 6.92 Å². The molecule has 18 heavy (non-hydrogen) atoms. The Kier molecular flexibility index (Phi) is 4.73. The minimum atomic E-state index is -3.98. The van der Waals surface area contributed by atoms with Crippen LogP contribution in [0, 0.1) is 18.2 Å². The number of halogens is 2. The van der Waals surface area contributed by atoms with Crippen molar-refractivity contribution in [1.29, 1.82) is 0 Å². The molecule has 0 aliphatic rings. The number of hydrogen-bond donors (Lipinski definition) is 1. The van der Waals surface area contributed by atoms with Gasteiger partial charge in [-0.15, -0.1) is 6.42 Å². The molecule has 0 saturated heterocycles. The quantitative estimate of drug-likeness (QED) is 0.674. The summed E-state index contributed by atoms with van der Waals surface area (Å²) in [6.45, 7) is 1.65. The van der Waals surface area contributed by atoms with Gasteiger partial charge in [0.2, 0.25) is 10.0 Å². The van der Waals surface area contributed by atoms with Crippen LogP contribution in [0.25, 0.3) is 0 Å². The van der Waals surface area contributed by atoms with E-state index < -0.39 is 20.7 Å². The third-order valence-corrected chi connectivity index (χ3v) is 4.75. The first-order valence-corrected chi connectivity index (χ1v) is 7.26. The SMILES string of the molecule is C#CCN(CC)S(=O)(=O)c1cc(N)cc(Br)c1F. The normalized spacial score (nSPS) is 11.5. The lowest BCUT2D eigenvalue weighted by Crippen LogP contribution is -2.32. The van der Waals surface area contributed by atoms with Crippen molar-refractivity contribution in [3.63, 3.8) is 0 Å². The van der Waals surface area contributed by atoms with E-state index in [-0.39, 0.29) is 23.2 Å². The van der Waals surface area contributed by atoms with Gasteiger partial charge >= 0.3 is 0 Å². The average Bonchev–Trinajstić information content (AvgIpc) is 2.30. The Balaban J connectivity index is 3.41. The maximum atomic E-state index is 13.9. The molecule has 4 nitrogen and oxygen atoms in total. The highest BCUT2D eigenvalue weighted by Crippen LogP contribution is 2.28. The molecule has 0 spiro atoms. The van der Waals surface area contributed by atoms with Crippen molar-refractivity contribution in [1.82, 2.24) is 4.31 Å². The van der Waals surface area contributed by atoms with E-state index in [4.69, 9.17) is 12.2 Å². The standard InChI is InChI=1S/C11H12BrFN2O2S/c1-3-5-15(4-2)18(16,17)10-7-8(14)6-9(12)11(10)13/h1,6-7H,4-5,14H2,2H3. The van der Waals surface area contributed by atoms with Crippen molar-refractivity contribution in [2.75, 3.05) is 18.8 Å². The smallest absolute Gasteiger partial charge is 0.246 e. The molecule has 0 fully saturated rings. The van der Waals surface area contributed by atoms with Gasteiger partial charge in [-0.2, -0.15) is 4.31 Å². The topological polar surface area (TPSA) is 63.4 Å². The van der Waals surface area contributed by atoms with Crippen molar-refractivity contribution in [2.24, 2.45) is 0 Å². The monoisotopic (exact) mass is 334 g/mol. The Morgan fingerprint density at radius 2 is 2.17 bits per heavy atom. The van der Waals surface area contributed by atoms with Crippen molar-refractivity contribution in [2.45, 2.75) is 11.8 Å². The number of hydrogen-bond acceptors (Lipinski definition) is 3. The molecule has 0 atom stereocenters. The summed E-state index contributed by atoms with van der Waals surface area (Å²) in [5.74, 6) is 1.35. The second-order valence-electron chi connectivity index (χ2n) is 3.45. The number of anilines is 1. The van der Waals surface area contributed by atoms with Crippen molar-refractivity contribution in [3.8, 4) is 12.3 Å². The zero-order valence-corrected chi connectivity index (χ0v) is 12.1. The molecule has 0 aromatic heterocycles. The first kappa shape index (κ1) is 15.0. The molecule has 0 amide bonds. The minimum absolute atomic E-state index is 0.00200. The lowest BCUT2D eigenvalue weighted by molar-refractivity contribution is 0.457. The fraction of sp³-hybridized carbons (Fsp3) is 0.273. The van der Waals surface area contributed by atoms with E-state index >= 15 is 0 Å². The third kappa shape index (κ3) is 2.83. The number of nitrogens with zero attached hydrogens (tertiary/aromatic N) is 1. The number of benzene rings is 1. The van der Waals surface area contributed by atoms with Crippen LogP contribution in [-0.4, -0.2) is 25.8 Å². The van der Waals surface area contributed by atoms with Crippen LogP contribution in [0.2, 0.25) is 0 Å². The molecule has 0 saturated carbocycles. The number of terminal acetylenes is 1. The highest BCUT2D eigenvalue weighted by molar-refractivity contribution is 9.10. The molecule has 7 heteroatoms. The molecular weight excluding hydrogens is 323 g/mol. The first-order valence-electron chi connectivity index (χ1n) is 5.02. The summed E-state index contributed by atoms with van der Waals surface area (Å²) in [5, 5.41) is 0. The lowest BCUT2D eigenvalue weighted by atomic mass is 10.3. The number of nitrogen functional groups attached to an aromatic ring is 1. The van der Waals surface area contributed by atoms with Crippen LogP contribution in [0.3, 0.4) is 0 Å². The molecule has 0 aliphatic carbocycles. The van der Waals surface area contributed by atoms with E-state index in [0.717, 1.165) is 10.4 Å². The number of nitrogens with two attached hydrogens (primary N) is 1. The van der Waals surface area contributed by atoms with Gasteiger partial charge < -0.3 is 5.73 Å². The minimum Gasteiger partial charge on any atom is -0.399 e. The number of sulfonamides is 1. The zero-order valence-electron chi connectivity index (χ0n) is 9.65. The van der Waals surface area contributed by atoms with Gasteiger partial charge in [0.05, 0.1) is 11.0 Å². The van der Waals surface area contributed by atoms with Crippen LogP contribution in [0.4, 0.5) is 10.1 Å². The van der Waals surface area contributed by atoms with Gasteiger partial charge in [0.15, 0.2) is 5.82 Å². The number of rotatable bonds is 4. The maximum Gasteiger partial charge on any atom is 0.246 e. The van der Waals surface area contributed by atoms with Gasteiger partial charge in [-0.25, -0.2) is 12.8 Å². The lowest BCUT2D eigenvalue weighted by Gasteiger charge is -2.18. The van der Waals surface area contributed by atoms with Crippen LogP contribution in [0.15, 0.2) is 21.5 Å². The summed E-state index contributed by atoms with van der Waals surface area (Å²) in [5.41, 5.74) is 5.67. The molecule has 0 aliphatic heterocycles. The average molecular weight is 335 g/mol. The van der Waals surface area contributed by atoms with E-state index in [9.17, 15) is 12.8 Å². The summed E-state index contributed by atoms with van der Waals surface area (Å²) < 4.78 is 39.2. The molecule has 1 aromatic carbocycles. The second kappa shape index (κ2) is 5.69. The predicted molar refractivity (Wildman–Crippen MR) is 71.8 cm³/mol. The summed E-state index contributed by atoms with van der Waals surface area (Å²) in [4.78, 5) is -0.480. The van der Waals surface area contributed by atoms with E-state index in [2.05, 4.69) is 21.9 Å². The Morgan fingerprint density at radius 1 is 1.56 bits per heavy atom. The van der Waals surface area contributed by atoms with Crippen molar-refractivity contribution in [3.05, 3.63) is 22.4 Å². The van der Waals surface area contributed by atoms with E-state index in [1.54, 1.807) is 6.92 Å². The Hall–Kier alpha value is -1.10. The Labute approximate surface area is 114 Å². The van der Waals surface area contributed by atoms with E-state index in [1.165, 1.54) is 6.07 Å². The van der Waals surface area contributed by atoms with Gasteiger partial charge in [-0.3, -0.25) is 0 Å². The molecule has 0 bridgehead atoms. The molecule has 98 valence electrons. The fourth-order valence-corrected chi connectivity index (χ4v) is 3.47. The molecule has 1 rings (SSSR count). The summed E-state index contributed by atoms with van der Waals surface area (Å²) >= 11 is 2.92. The summed E-state index contributed by atoms with van der Waals surface area (Å²) in [6, 6.07) is 2.38.